The Morgan fingerprint density at radius 3 is 2.92 bits per heavy atom. The lowest BCUT2D eigenvalue weighted by Crippen LogP contribution is -2.20. The minimum atomic E-state index is 0.229. The molecule has 0 fully saturated rings. The van der Waals surface area contributed by atoms with Crippen LogP contribution in [0.1, 0.15) is 13.3 Å². The van der Waals surface area contributed by atoms with Crippen molar-refractivity contribution in [1.82, 2.24) is 9.97 Å². The number of nitrogens with two attached hydrogens (primary N) is 1. The van der Waals surface area contributed by atoms with Crippen LogP contribution in [0, 0.1) is 0 Å². The van der Waals surface area contributed by atoms with Crippen LogP contribution in [0.15, 0.2) is 6.20 Å². The maximum atomic E-state index is 5.70. The van der Waals surface area contributed by atoms with Crippen LogP contribution in [0.4, 0.5) is 11.5 Å². The number of hydrogen-bond donors (Lipinski definition) is 1. The summed E-state index contributed by atoms with van der Waals surface area (Å²) in [4.78, 5) is 9.79. The summed E-state index contributed by atoms with van der Waals surface area (Å²) in [7, 11) is 1.93. The number of nitrogens with zero attached hydrogens (tertiary/aromatic N) is 3. The summed E-state index contributed by atoms with van der Waals surface area (Å²) in [6, 6.07) is 0. The fourth-order valence-corrected chi connectivity index (χ4v) is 1.24. The van der Waals surface area contributed by atoms with Gasteiger partial charge in [-0.3, -0.25) is 0 Å². The molecule has 1 aromatic heterocycles. The van der Waals surface area contributed by atoms with E-state index in [2.05, 4.69) is 16.9 Å². The normalized spacial score (nSPS) is 10.1. The molecule has 1 heterocycles. The minimum absolute atomic E-state index is 0.229. The van der Waals surface area contributed by atoms with Crippen LogP contribution in [0.5, 0.6) is 0 Å². The second-order valence-corrected chi connectivity index (χ2v) is 3.18. The van der Waals surface area contributed by atoms with Crippen LogP contribution in [-0.2, 0) is 0 Å². The zero-order chi connectivity index (χ0) is 9.84. The molecule has 0 aliphatic heterocycles. The largest absolute Gasteiger partial charge is 0.394 e. The van der Waals surface area contributed by atoms with Crippen LogP contribution in [-0.4, -0.2) is 23.6 Å². The number of halogens is 1. The van der Waals surface area contributed by atoms with Crippen LogP contribution in [0.25, 0.3) is 0 Å². The molecule has 1 rings (SSSR count). The van der Waals surface area contributed by atoms with Gasteiger partial charge in [-0.15, -0.1) is 0 Å². The second kappa shape index (κ2) is 4.28. The first-order valence-electron chi connectivity index (χ1n) is 4.14. The molecule has 0 atom stereocenters. The summed E-state index contributed by atoms with van der Waals surface area (Å²) >= 11 is 5.66. The first kappa shape index (κ1) is 10.1. The summed E-state index contributed by atoms with van der Waals surface area (Å²) in [5.41, 5.74) is 6.25. The van der Waals surface area contributed by atoms with E-state index in [4.69, 9.17) is 17.3 Å². The lowest BCUT2D eigenvalue weighted by molar-refractivity contribution is 0.836. The van der Waals surface area contributed by atoms with E-state index in [9.17, 15) is 0 Å². The molecule has 2 N–H and O–H groups in total. The maximum absolute atomic E-state index is 5.70. The Hall–Kier alpha value is -1.03. The first-order chi connectivity index (χ1) is 6.15. The minimum Gasteiger partial charge on any atom is -0.394 e. The molecule has 0 unspecified atom stereocenters. The van der Waals surface area contributed by atoms with Gasteiger partial charge in [0.1, 0.15) is 0 Å². The molecule has 0 aliphatic rings. The highest BCUT2D eigenvalue weighted by Gasteiger charge is 2.07. The van der Waals surface area contributed by atoms with Crippen LogP contribution < -0.4 is 10.6 Å². The molecule has 72 valence electrons. The van der Waals surface area contributed by atoms with Crippen molar-refractivity contribution in [2.45, 2.75) is 13.3 Å². The van der Waals surface area contributed by atoms with Crippen LogP contribution in [0.3, 0.4) is 0 Å². The molecular weight excluding hydrogens is 188 g/mol. The average Bonchev–Trinajstić information content (AvgIpc) is 2.09. The quantitative estimate of drug-likeness (QED) is 0.753. The van der Waals surface area contributed by atoms with E-state index in [1.165, 1.54) is 6.20 Å². The Morgan fingerprint density at radius 2 is 2.31 bits per heavy atom. The molecule has 0 aromatic carbocycles. The Labute approximate surface area is 82.7 Å². The van der Waals surface area contributed by atoms with Crippen molar-refractivity contribution >= 4 is 23.1 Å². The van der Waals surface area contributed by atoms with Gasteiger partial charge < -0.3 is 10.6 Å². The summed E-state index contributed by atoms with van der Waals surface area (Å²) in [5.74, 6) is 0.696. The summed E-state index contributed by atoms with van der Waals surface area (Å²) in [6.07, 6.45) is 2.56. The van der Waals surface area contributed by atoms with Gasteiger partial charge >= 0.3 is 0 Å². The SMILES string of the molecule is CCCN(C)c1nc(Cl)ncc1N. The van der Waals surface area contributed by atoms with Crippen molar-refractivity contribution in [3.05, 3.63) is 11.5 Å². The lowest BCUT2D eigenvalue weighted by atomic mass is 10.4. The topological polar surface area (TPSA) is 55.0 Å². The van der Waals surface area contributed by atoms with E-state index in [0.29, 0.717) is 11.5 Å². The Bertz CT molecular complexity index is 289. The molecule has 0 radical (unpaired) electrons. The van der Waals surface area contributed by atoms with Gasteiger partial charge in [0.2, 0.25) is 5.28 Å². The van der Waals surface area contributed by atoms with E-state index in [0.717, 1.165) is 13.0 Å². The smallest absolute Gasteiger partial charge is 0.224 e. The molecular formula is C8H13ClN4. The molecule has 5 heteroatoms. The number of nitrogen functional groups attached to an aromatic ring is 1. The van der Waals surface area contributed by atoms with Crippen molar-refractivity contribution < 1.29 is 0 Å². The molecule has 4 nitrogen and oxygen atoms in total. The second-order valence-electron chi connectivity index (χ2n) is 2.84. The van der Waals surface area contributed by atoms with Crippen molar-refractivity contribution in [2.75, 3.05) is 24.2 Å². The molecule has 0 spiro atoms. The van der Waals surface area contributed by atoms with Crippen molar-refractivity contribution in [3.8, 4) is 0 Å². The van der Waals surface area contributed by atoms with Gasteiger partial charge in [-0.05, 0) is 18.0 Å². The molecule has 0 saturated carbocycles. The van der Waals surface area contributed by atoms with Crippen molar-refractivity contribution in [3.63, 3.8) is 0 Å². The Kier molecular flexibility index (Phi) is 3.31. The average molecular weight is 201 g/mol. The van der Waals surface area contributed by atoms with Gasteiger partial charge in [-0.1, -0.05) is 6.92 Å². The van der Waals surface area contributed by atoms with Crippen LogP contribution in [0.2, 0.25) is 5.28 Å². The summed E-state index contributed by atoms with van der Waals surface area (Å²) in [5, 5.41) is 0.229. The number of aromatic nitrogens is 2. The third-order valence-corrected chi connectivity index (χ3v) is 1.87. The van der Waals surface area contributed by atoms with Gasteiger partial charge in [-0.2, -0.15) is 4.98 Å². The van der Waals surface area contributed by atoms with Crippen LogP contribution >= 0.6 is 11.6 Å². The van der Waals surface area contributed by atoms with E-state index in [1.54, 1.807) is 0 Å². The molecule has 0 saturated heterocycles. The highest BCUT2D eigenvalue weighted by molar-refractivity contribution is 6.28. The predicted octanol–water partition coefficient (Wildman–Crippen LogP) is 1.56. The maximum Gasteiger partial charge on any atom is 0.224 e. The van der Waals surface area contributed by atoms with Crippen molar-refractivity contribution in [2.24, 2.45) is 0 Å². The van der Waals surface area contributed by atoms with E-state index >= 15 is 0 Å². The monoisotopic (exact) mass is 200 g/mol. The zero-order valence-electron chi connectivity index (χ0n) is 7.79. The van der Waals surface area contributed by atoms with Gasteiger partial charge in [0.25, 0.3) is 0 Å². The third kappa shape index (κ3) is 2.45. The van der Waals surface area contributed by atoms with Gasteiger partial charge in [0.05, 0.1) is 11.9 Å². The summed E-state index contributed by atoms with van der Waals surface area (Å²) < 4.78 is 0. The molecule has 1 aromatic rings. The molecule has 0 amide bonds. The highest BCUT2D eigenvalue weighted by atomic mass is 35.5. The van der Waals surface area contributed by atoms with Gasteiger partial charge in [0.15, 0.2) is 5.82 Å². The Balaban J connectivity index is 2.91. The number of hydrogen-bond acceptors (Lipinski definition) is 4. The molecule has 0 aliphatic carbocycles. The first-order valence-corrected chi connectivity index (χ1v) is 4.52. The van der Waals surface area contributed by atoms with E-state index in [1.807, 2.05) is 11.9 Å². The predicted molar refractivity (Wildman–Crippen MR) is 55.0 cm³/mol. The number of anilines is 2. The number of rotatable bonds is 3. The van der Waals surface area contributed by atoms with Gasteiger partial charge in [0, 0.05) is 13.6 Å². The fourth-order valence-electron chi connectivity index (χ4n) is 1.11. The lowest BCUT2D eigenvalue weighted by Gasteiger charge is -2.18. The molecule has 0 bridgehead atoms. The van der Waals surface area contributed by atoms with Crippen molar-refractivity contribution in [1.29, 1.82) is 0 Å². The van der Waals surface area contributed by atoms with E-state index in [-0.39, 0.29) is 5.28 Å². The molecule has 13 heavy (non-hydrogen) atoms. The highest BCUT2D eigenvalue weighted by Crippen LogP contribution is 2.19. The van der Waals surface area contributed by atoms with Gasteiger partial charge in [-0.25, -0.2) is 4.98 Å². The summed E-state index contributed by atoms with van der Waals surface area (Å²) in [6.45, 7) is 2.99. The zero-order valence-corrected chi connectivity index (χ0v) is 8.54. The third-order valence-electron chi connectivity index (χ3n) is 1.69. The Morgan fingerprint density at radius 1 is 1.62 bits per heavy atom. The fraction of sp³-hybridized carbons (Fsp3) is 0.500. The van der Waals surface area contributed by atoms with E-state index < -0.39 is 0 Å². The standard InChI is InChI=1S/C8H13ClN4/c1-3-4-13(2)7-6(10)5-11-8(9)12-7/h5H,3-4,10H2,1-2H3.